The number of nitrogens with zero attached hydrogens (tertiary/aromatic N) is 1. The quantitative estimate of drug-likeness (QED) is 0.389. The van der Waals surface area contributed by atoms with E-state index in [1.165, 1.54) is 20.3 Å². The average Bonchev–Trinajstić information content (AvgIpc) is 2.65. The maximum absolute atomic E-state index is 12.3. The molecule has 0 amide bonds. The second kappa shape index (κ2) is 8.26. The molecule has 2 aromatic carbocycles. The fourth-order valence-electron chi connectivity index (χ4n) is 2.51. The van der Waals surface area contributed by atoms with Crippen LogP contribution in [0.3, 0.4) is 0 Å². The van der Waals surface area contributed by atoms with Gasteiger partial charge in [0.1, 0.15) is 11.5 Å². The van der Waals surface area contributed by atoms with E-state index in [0.29, 0.717) is 17.1 Å². The molecule has 9 nitrogen and oxygen atoms in total. The highest BCUT2D eigenvalue weighted by molar-refractivity contribution is 7.90. The molecule has 0 heterocycles. The van der Waals surface area contributed by atoms with Crippen LogP contribution in [0.5, 0.6) is 11.5 Å². The SMILES string of the molecule is COc1cc(C)c(COC(=O)c2ccc(S(C)(=O)=O)c([N+](=O)[O-])c2)cc1OC. The molecule has 0 saturated heterocycles. The number of benzene rings is 2. The zero-order valence-electron chi connectivity index (χ0n) is 15.7. The average molecular weight is 409 g/mol. The second-order valence-corrected chi connectivity index (χ2v) is 7.91. The summed E-state index contributed by atoms with van der Waals surface area (Å²) >= 11 is 0. The summed E-state index contributed by atoms with van der Waals surface area (Å²) in [4.78, 5) is 22.1. The molecule has 0 bridgehead atoms. The Morgan fingerprint density at radius 2 is 1.71 bits per heavy atom. The molecule has 0 aliphatic heterocycles. The van der Waals surface area contributed by atoms with E-state index in [2.05, 4.69) is 0 Å². The van der Waals surface area contributed by atoms with Crippen LogP contribution in [0.25, 0.3) is 0 Å². The summed E-state index contributed by atoms with van der Waals surface area (Å²) in [5, 5.41) is 11.2. The van der Waals surface area contributed by atoms with Gasteiger partial charge in [-0.3, -0.25) is 10.1 Å². The van der Waals surface area contributed by atoms with Crippen LogP contribution in [0.15, 0.2) is 35.2 Å². The van der Waals surface area contributed by atoms with Crippen LogP contribution >= 0.6 is 0 Å². The highest BCUT2D eigenvalue weighted by atomic mass is 32.2. The van der Waals surface area contributed by atoms with E-state index in [4.69, 9.17) is 14.2 Å². The summed E-state index contributed by atoms with van der Waals surface area (Å²) in [5.41, 5.74) is 0.647. The Hall–Kier alpha value is -3.14. The minimum atomic E-state index is -3.82. The molecular weight excluding hydrogens is 390 g/mol. The Labute approximate surface area is 161 Å². The van der Waals surface area contributed by atoms with E-state index in [-0.39, 0.29) is 12.2 Å². The van der Waals surface area contributed by atoms with Gasteiger partial charge in [0.15, 0.2) is 21.3 Å². The van der Waals surface area contributed by atoms with Crippen LogP contribution in [-0.4, -0.2) is 39.8 Å². The van der Waals surface area contributed by atoms with E-state index < -0.39 is 31.3 Å². The van der Waals surface area contributed by atoms with Gasteiger partial charge in [-0.1, -0.05) is 0 Å². The van der Waals surface area contributed by atoms with Gasteiger partial charge in [0.25, 0.3) is 5.69 Å². The highest BCUT2D eigenvalue weighted by Crippen LogP contribution is 2.31. The number of aryl methyl sites for hydroxylation is 1. The van der Waals surface area contributed by atoms with Crippen molar-refractivity contribution in [2.45, 2.75) is 18.4 Å². The summed E-state index contributed by atoms with van der Waals surface area (Å²) in [6.07, 6.45) is 0.854. The summed E-state index contributed by atoms with van der Waals surface area (Å²) in [6, 6.07) is 6.48. The zero-order valence-corrected chi connectivity index (χ0v) is 16.5. The summed E-state index contributed by atoms with van der Waals surface area (Å²) in [6.45, 7) is 1.70. The Kier molecular flexibility index (Phi) is 6.24. The number of hydrogen-bond donors (Lipinski definition) is 0. The Morgan fingerprint density at radius 1 is 1.11 bits per heavy atom. The van der Waals surface area contributed by atoms with Crippen molar-refractivity contribution in [1.82, 2.24) is 0 Å². The van der Waals surface area contributed by atoms with Gasteiger partial charge >= 0.3 is 5.97 Å². The smallest absolute Gasteiger partial charge is 0.338 e. The summed E-state index contributed by atoms with van der Waals surface area (Å²) in [5.74, 6) is 0.173. The van der Waals surface area contributed by atoms with Gasteiger partial charge in [-0.25, -0.2) is 13.2 Å². The fourth-order valence-corrected chi connectivity index (χ4v) is 3.33. The lowest BCUT2D eigenvalue weighted by atomic mass is 10.1. The molecule has 0 aromatic heterocycles. The van der Waals surface area contributed by atoms with Crippen molar-refractivity contribution in [3.05, 3.63) is 57.1 Å². The number of esters is 1. The lowest BCUT2D eigenvalue weighted by molar-refractivity contribution is -0.387. The third kappa shape index (κ3) is 4.58. The maximum Gasteiger partial charge on any atom is 0.338 e. The minimum absolute atomic E-state index is 0.105. The largest absolute Gasteiger partial charge is 0.493 e. The number of carbonyl (C=O) groups excluding carboxylic acids is 1. The molecule has 10 heteroatoms. The van der Waals surface area contributed by atoms with E-state index in [1.807, 2.05) is 0 Å². The first-order valence-corrected chi connectivity index (χ1v) is 9.84. The number of rotatable bonds is 7. The van der Waals surface area contributed by atoms with Gasteiger partial charge in [-0.05, 0) is 42.3 Å². The lowest BCUT2D eigenvalue weighted by Crippen LogP contribution is -2.09. The predicted molar refractivity (Wildman–Crippen MR) is 99.6 cm³/mol. The third-order valence-corrected chi connectivity index (χ3v) is 5.14. The molecule has 0 N–H and O–H groups in total. The molecule has 0 unspecified atom stereocenters. The van der Waals surface area contributed by atoms with Gasteiger partial charge in [-0.15, -0.1) is 0 Å². The van der Waals surface area contributed by atoms with Crippen molar-refractivity contribution in [3.8, 4) is 11.5 Å². The molecule has 0 atom stereocenters. The Morgan fingerprint density at radius 3 is 2.25 bits per heavy atom. The first-order valence-electron chi connectivity index (χ1n) is 7.95. The molecule has 2 rings (SSSR count). The molecule has 0 aliphatic rings. The Bertz CT molecular complexity index is 1030. The van der Waals surface area contributed by atoms with Crippen molar-refractivity contribution >= 4 is 21.5 Å². The van der Waals surface area contributed by atoms with Gasteiger partial charge in [0.2, 0.25) is 0 Å². The van der Waals surface area contributed by atoms with Gasteiger partial charge in [0, 0.05) is 12.3 Å². The zero-order chi connectivity index (χ0) is 21.1. The van der Waals surface area contributed by atoms with Crippen LogP contribution in [0, 0.1) is 17.0 Å². The van der Waals surface area contributed by atoms with Crippen LogP contribution in [0.1, 0.15) is 21.5 Å². The van der Waals surface area contributed by atoms with Gasteiger partial charge in [0.05, 0.1) is 24.7 Å². The van der Waals surface area contributed by atoms with Crippen LogP contribution in [-0.2, 0) is 21.2 Å². The molecule has 2 aromatic rings. The van der Waals surface area contributed by atoms with Crippen molar-refractivity contribution in [3.63, 3.8) is 0 Å². The molecule has 0 spiro atoms. The molecule has 0 radical (unpaired) electrons. The van der Waals surface area contributed by atoms with E-state index in [9.17, 15) is 23.3 Å². The molecule has 0 saturated carbocycles. The van der Waals surface area contributed by atoms with Crippen LogP contribution in [0.2, 0.25) is 0 Å². The van der Waals surface area contributed by atoms with E-state index >= 15 is 0 Å². The molecule has 28 heavy (non-hydrogen) atoms. The summed E-state index contributed by atoms with van der Waals surface area (Å²) < 4.78 is 38.9. The first kappa shape index (κ1) is 21.2. The number of sulfone groups is 1. The maximum atomic E-state index is 12.3. The minimum Gasteiger partial charge on any atom is -0.493 e. The van der Waals surface area contributed by atoms with Gasteiger partial charge in [-0.2, -0.15) is 0 Å². The number of nitro groups is 1. The van der Waals surface area contributed by atoms with Crippen molar-refractivity contribution in [2.24, 2.45) is 0 Å². The summed E-state index contributed by atoms with van der Waals surface area (Å²) in [7, 11) is -0.834. The standard InChI is InChI=1S/C18H19NO8S/c1-11-7-15(25-2)16(26-3)9-13(11)10-27-18(20)12-5-6-17(28(4,23)24)14(8-12)19(21)22/h5-9H,10H2,1-4H3. The van der Waals surface area contributed by atoms with Gasteiger partial charge < -0.3 is 14.2 Å². The number of hydrogen-bond acceptors (Lipinski definition) is 8. The number of methoxy groups -OCH3 is 2. The lowest BCUT2D eigenvalue weighted by Gasteiger charge is -2.13. The number of ether oxygens (including phenoxy) is 3. The number of carbonyl (C=O) groups is 1. The molecular formula is C18H19NO8S. The Balaban J connectivity index is 2.27. The third-order valence-electron chi connectivity index (χ3n) is 3.99. The van der Waals surface area contributed by atoms with Crippen LogP contribution in [0.4, 0.5) is 5.69 Å². The van der Waals surface area contributed by atoms with Crippen molar-refractivity contribution in [1.29, 1.82) is 0 Å². The van der Waals surface area contributed by atoms with E-state index in [0.717, 1.165) is 24.0 Å². The number of nitro benzene ring substituents is 1. The van der Waals surface area contributed by atoms with Crippen molar-refractivity contribution in [2.75, 3.05) is 20.5 Å². The molecule has 150 valence electrons. The second-order valence-electron chi connectivity index (χ2n) is 5.92. The normalized spacial score (nSPS) is 11.0. The van der Waals surface area contributed by atoms with Crippen LogP contribution < -0.4 is 9.47 Å². The fraction of sp³-hybridized carbons (Fsp3) is 0.278. The molecule has 0 aliphatic carbocycles. The van der Waals surface area contributed by atoms with Crippen molar-refractivity contribution < 1.29 is 32.3 Å². The monoisotopic (exact) mass is 409 g/mol. The topological polar surface area (TPSA) is 122 Å². The first-order chi connectivity index (χ1) is 13.1. The van der Waals surface area contributed by atoms with E-state index in [1.54, 1.807) is 19.1 Å². The predicted octanol–water partition coefficient (Wildman–Crippen LogP) is 2.68. The molecule has 0 fully saturated rings. The highest BCUT2D eigenvalue weighted by Gasteiger charge is 2.24.